The molecule has 25 heavy (non-hydrogen) atoms. The molecular formula is C19H19ClN4O. The topological polar surface area (TPSA) is 59.9 Å². The van der Waals surface area contributed by atoms with Crippen molar-refractivity contribution in [1.82, 2.24) is 20.3 Å². The molecule has 1 atom stereocenters. The second-order valence-electron chi connectivity index (χ2n) is 6.27. The number of halogens is 1. The second-order valence-corrected chi connectivity index (χ2v) is 6.70. The third kappa shape index (κ3) is 3.72. The molecule has 1 N–H and O–H groups in total. The lowest BCUT2D eigenvalue weighted by Crippen LogP contribution is -2.33. The van der Waals surface area contributed by atoms with Crippen molar-refractivity contribution in [3.05, 3.63) is 47.7 Å². The molecule has 5 nitrogen and oxygen atoms in total. The summed E-state index contributed by atoms with van der Waals surface area (Å²) >= 11 is 5.99. The Morgan fingerprint density at radius 1 is 1.16 bits per heavy atom. The maximum absolute atomic E-state index is 6.06. The second kappa shape index (κ2) is 7.33. The first-order valence-electron chi connectivity index (χ1n) is 8.51. The van der Waals surface area contributed by atoms with E-state index in [1.807, 2.05) is 30.3 Å². The summed E-state index contributed by atoms with van der Waals surface area (Å²) in [6.45, 7) is 2.71. The summed E-state index contributed by atoms with van der Waals surface area (Å²) in [5.74, 6) is 1.04. The van der Waals surface area contributed by atoms with Crippen LogP contribution in [-0.4, -0.2) is 34.6 Å². The Morgan fingerprint density at radius 2 is 2.00 bits per heavy atom. The molecule has 1 fully saturated rings. The molecule has 0 radical (unpaired) electrons. The van der Waals surface area contributed by atoms with Crippen LogP contribution < -0.4 is 10.1 Å². The number of aromatic nitrogens is 3. The van der Waals surface area contributed by atoms with Crippen molar-refractivity contribution in [3.8, 4) is 17.1 Å². The zero-order valence-electron chi connectivity index (χ0n) is 13.8. The van der Waals surface area contributed by atoms with E-state index in [0.717, 1.165) is 29.9 Å². The van der Waals surface area contributed by atoms with Crippen LogP contribution in [0.1, 0.15) is 12.8 Å². The minimum Gasteiger partial charge on any atom is -0.476 e. The summed E-state index contributed by atoms with van der Waals surface area (Å²) < 4.78 is 6.06. The fraction of sp³-hybridized carbons (Fsp3) is 0.316. The summed E-state index contributed by atoms with van der Waals surface area (Å²) in [6, 6.07) is 9.53. The molecule has 6 heteroatoms. The van der Waals surface area contributed by atoms with Gasteiger partial charge in [0.1, 0.15) is 0 Å². The molecule has 2 aromatic heterocycles. The lowest BCUT2D eigenvalue weighted by atomic mass is 10.0. The van der Waals surface area contributed by atoms with Crippen molar-refractivity contribution in [2.75, 3.05) is 19.7 Å². The predicted molar refractivity (Wildman–Crippen MR) is 98.9 cm³/mol. The SMILES string of the molecule is Clc1ccc(-c2cc3nccnc3c(OCC3CCCNC3)n2)cc1. The van der Waals surface area contributed by atoms with Crippen molar-refractivity contribution >= 4 is 22.6 Å². The van der Waals surface area contributed by atoms with Crippen molar-refractivity contribution in [3.63, 3.8) is 0 Å². The molecule has 0 spiro atoms. The van der Waals surface area contributed by atoms with Gasteiger partial charge < -0.3 is 10.1 Å². The van der Waals surface area contributed by atoms with Crippen molar-refractivity contribution in [2.24, 2.45) is 5.92 Å². The molecule has 0 saturated carbocycles. The Kier molecular flexibility index (Phi) is 4.76. The standard InChI is InChI=1S/C19H19ClN4O/c20-15-5-3-14(4-6-15)16-10-17-18(23-9-8-22-17)19(24-16)25-12-13-2-1-7-21-11-13/h3-6,8-10,13,21H,1-2,7,11-12H2. The van der Waals surface area contributed by atoms with Gasteiger partial charge in [0.15, 0.2) is 5.52 Å². The first-order chi connectivity index (χ1) is 12.3. The quantitative estimate of drug-likeness (QED) is 0.773. The largest absolute Gasteiger partial charge is 0.476 e. The summed E-state index contributed by atoms with van der Waals surface area (Å²) in [4.78, 5) is 13.5. The van der Waals surface area contributed by atoms with Crippen LogP contribution in [-0.2, 0) is 0 Å². The van der Waals surface area contributed by atoms with E-state index in [-0.39, 0.29) is 0 Å². The van der Waals surface area contributed by atoms with Gasteiger partial charge in [0, 0.05) is 35.4 Å². The summed E-state index contributed by atoms with van der Waals surface area (Å²) in [5.41, 5.74) is 3.26. The van der Waals surface area contributed by atoms with Gasteiger partial charge in [-0.15, -0.1) is 0 Å². The van der Waals surface area contributed by atoms with Gasteiger partial charge in [-0.3, -0.25) is 4.98 Å². The number of piperidine rings is 1. The molecule has 1 aliphatic heterocycles. The molecule has 3 heterocycles. The van der Waals surface area contributed by atoms with Crippen molar-refractivity contribution < 1.29 is 4.74 Å². The van der Waals surface area contributed by atoms with Crippen molar-refractivity contribution in [1.29, 1.82) is 0 Å². The Bertz CT molecular complexity index is 863. The molecule has 1 unspecified atom stereocenters. The minimum absolute atomic E-state index is 0.501. The Hall–Kier alpha value is -2.24. The zero-order chi connectivity index (χ0) is 17.1. The summed E-state index contributed by atoms with van der Waals surface area (Å²) in [5, 5.41) is 4.11. The fourth-order valence-electron chi connectivity index (χ4n) is 3.08. The number of hydrogen-bond acceptors (Lipinski definition) is 5. The summed E-state index contributed by atoms with van der Waals surface area (Å²) in [6.07, 6.45) is 5.71. The molecule has 128 valence electrons. The van der Waals surface area contributed by atoms with Gasteiger partial charge in [0.2, 0.25) is 5.88 Å². The highest BCUT2D eigenvalue weighted by Crippen LogP contribution is 2.28. The van der Waals surface area contributed by atoms with Gasteiger partial charge in [-0.2, -0.15) is 0 Å². The molecule has 0 bridgehead atoms. The number of nitrogens with one attached hydrogen (secondary N) is 1. The minimum atomic E-state index is 0.501. The van der Waals surface area contributed by atoms with E-state index in [0.29, 0.717) is 28.9 Å². The van der Waals surface area contributed by atoms with Gasteiger partial charge in [-0.1, -0.05) is 23.7 Å². The average molecular weight is 355 g/mol. The number of rotatable bonds is 4. The number of ether oxygens (including phenoxy) is 1. The van der Waals surface area contributed by atoms with E-state index < -0.39 is 0 Å². The first-order valence-corrected chi connectivity index (χ1v) is 8.88. The normalized spacial score (nSPS) is 17.6. The lowest BCUT2D eigenvalue weighted by Gasteiger charge is -2.22. The highest BCUT2D eigenvalue weighted by Gasteiger charge is 2.16. The van der Waals surface area contributed by atoms with Crippen LogP contribution in [0.15, 0.2) is 42.7 Å². The number of benzene rings is 1. The molecule has 0 amide bonds. The van der Waals surface area contributed by atoms with Gasteiger partial charge in [-0.25, -0.2) is 9.97 Å². The molecular weight excluding hydrogens is 336 g/mol. The monoisotopic (exact) mass is 354 g/mol. The number of nitrogens with zero attached hydrogens (tertiary/aromatic N) is 3. The molecule has 1 aromatic carbocycles. The van der Waals surface area contributed by atoms with Gasteiger partial charge in [0.25, 0.3) is 0 Å². The van der Waals surface area contributed by atoms with Crippen LogP contribution in [0.3, 0.4) is 0 Å². The Morgan fingerprint density at radius 3 is 2.80 bits per heavy atom. The molecule has 4 rings (SSSR count). The van der Waals surface area contributed by atoms with Crippen LogP contribution in [0.5, 0.6) is 5.88 Å². The van der Waals surface area contributed by atoms with Crippen LogP contribution >= 0.6 is 11.6 Å². The smallest absolute Gasteiger partial charge is 0.242 e. The number of pyridine rings is 1. The Balaban J connectivity index is 1.67. The third-order valence-electron chi connectivity index (χ3n) is 4.42. The van der Waals surface area contributed by atoms with Crippen LogP contribution in [0.2, 0.25) is 5.02 Å². The van der Waals surface area contributed by atoms with E-state index in [2.05, 4.69) is 15.3 Å². The van der Waals surface area contributed by atoms with E-state index >= 15 is 0 Å². The van der Waals surface area contributed by atoms with Crippen LogP contribution in [0.4, 0.5) is 0 Å². The first kappa shape index (κ1) is 16.2. The van der Waals surface area contributed by atoms with Crippen LogP contribution in [0, 0.1) is 5.92 Å². The van der Waals surface area contributed by atoms with E-state index in [9.17, 15) is 0 Å². The van der Waals surface area contributed by atoms with E-state index in [1.165, 1.54) is 12.8 Å². The van der Waals surface area contributed by atoms with E-state index in [4.69, 9.17) is 21.3 Å². The lowest BCUT2D eigenvalue weighted by molar-refractivity contribution is 0.214. The molecule has 1 aliphatic rings. The number of hydrogen-bond donors (Lipinski definition) is 1. The maximum atomic E-state index is 6.06. The zero-order valence-corrected chi connectivity index (χ0v) is 14.5. The van der Waals surface area contributed by atoms with Crippen LogP contribution in [0.25, 0.3) is 22.3 Å². The van der Waals surface area contributed by atoms with Gasteiger partial charge in [-0.05, 0) is 37.6 Å². The molecule has 0 aliphatic carbocycles. The predicted octanol–water partition coefficient (Wildman–Crippen LogP) is 3.72. The van der Waals surface area contributed by atoms with Crippen molar-refractivity contribution in [2.45, 2.75) is 12.8 Å². The third-order valence-corrected chi connectivity index (χ3v) is 4.67. The maximum Gasteiger partial charge on any atom is 0.242 e. The highest BCUT2D eigenvalue weighted by molar-refractivity contribution is 6.30. The highest BCUT2D eigenvalue weighted by atomic mass is 35.5. The van der Waals surface area contributed by atoms with Gasteiger partial charge in [0.05, 0.1) is 17.8 Å². The summed E-state index contributed by atoms with van der Waals surface area (Å²) in [7, 11) is 0. The number of fused-ring (bicyclic) bond motifs is 1. The average Bonchev–Trinajstić information content (AvgIpc) is 2.67. The fourth-order valence-corrected chi connectivity index (χ4v) is 3.20. The molecule has 3 aromatic rings. The Labute approximate surface area is 151 Å². The molecule has 1 saturated heterocycles. The van der Waals surface area contributed by atoms with Gasteiger partial charge >= 0.3 is 0 Å². The van der Waals surface area contributed by atoms with E-state index in [1.54, 1.807) is 12.4 Å².